The van der Waals surface area contributed by atoms with Crippen molar-refractivity contribution in [1.82, 2.24) is 4.98 Å². The molecule has 25 heavy (non-hydrogen) atoms. The van der Waals surface area contributed by atoms with Crippen LogP contribution in [0.4, 0.5) is 10.1 Å². The van der Waals surface area contributed by atoms with Crippen LogP contribution in [0, 0.1) is 12.7 Å². The fourth-order valence-electron chi connectivity index (χ4n) is 2.12. The first-order valence-electron chi connectivity index (χ1n) is 7.41. The first-order valence-corrected chi connectivity index (χ1v) is 10.1. The first kappa shape index (κ1) is 18.1. The van der Waals surface area contributed by atoms with Crippen molar-refractivity contribution in [3.63, 3.8) is 0 Å². The molecule has 0 unspecified atom stereocenters. The largest absolute Gasteiger partial charge is 0.325 e. The minimum absolute atomic E-state index is 0.181. The number of amides is 1. The Morgan fingerprint density at radius 2 is 2.04 bits per heavy atom. The molecule has 2 aromatic carbocycles. The lowest BCUT2D eigenvalue weighted by molar-refractivity contribution is -0.113. The molecule has 7 heteroatoms. The van der Waals surface area contributed by atoms with E-state index >= 15 is 0 Å². The monoisotopic (exact) mass is 436 g/mol. The summed E-state index contributed by atoms with van der Waals surface area (Å²) in [5, 5.41) is 4.71. The zero-order chi connectivity index (χ0) is 17.8. The number of nitrogens with one attached hydrogen (secondary N) is 1. The van der Waals surface area contributed by atoms with Gasteiger partial charge in [0.25, 0.3) is 0 Å². The molecule has 1 amide bonds. The number of anilines is 1. The van der Waals surface area contributed by atoms with Crippen LogP contribution < -0.4 is 5.32 Å². The van der Waals surface area contributed by atoms with Gasteiger partial charge in [-0.25, -0.2) is 9.37 Å². The van der Waals surface area contributed by atoms with Gasteiger partial charge in [-0.15, -0.1) is 11.3 Å². The number of rotatable bonds is 5. The number of thioether (sulfide) groups is 1. The van der Waals surface area contributed by atoms with Gasteiger partial charge in [-0.2, -0.15) is 0 Å². The van der Waals surface area contributed by atoms with Gasteiger partial charge < -0.3 is 5.32 Å². The predicted molar refractivity (Wildman–Crippen MR) is 106 cm³/mol. The molecule has 0 aliphatic heterocycles. The molecule has 0 radical (unpaired) electrons. The minimum atomic E-state index is -0.368. The fraction of sp³-hybridized carbons (Fsp3) is 0.111. The molecule has 0 bridgehead atoms. The molecule has 0 fully saturated rings. The van der Waals surface area contributed by atoms with E-state index in [2.05, 4.69) is 26.2 Å². The third-order valence-electron chi connectivity index (χ3n) is 3.42. The Labute approximate surface area is 161 Å². The Kier molecular flexibility index (Phi) is 5.88. The lowest BCUT2D eigenvalue weighted by atomic mass is 10.2. The van der Waals surface area contributed by atoms with Crippen LogP contribution >= 0.6 is 39.0 Å². The Bertz CT molecular complexity index is 896. The SMILES string of the molecule is Cc1ccc(F)cc1NC(=O)CSc1nc(-c2ccc(Br)cc2)cs1. The highest BCUT2D eigenvalue weighted by atomic mass is 79.9. The van der Waals surface area contributed by atoms with E-state index in [0.29, 0.717) is 5.69 Å². The smallest absolute Gasteiger partial charge is 0.234 e. The van der Waals surface area contributed by atoms with E-state index in [4.69, 9.17) is 0 Å². The van der Waals surface area contributed by atoms with Crippen molar-refractivity contribution in [2.24, 2.45) is 0 Å². The Morgan fingerprint density at radius 3 is 2.80 bits per heavy atom. The second-order valence-electron chi connectivity index (χ2n) is 5.30. The number of thiazole rings is 1. The highest BCUT2D eigenvalue weighted by Gasteiger charge is 2.10. The molecule has 0 saturated heterocycles. The molecule has 1 N–H and O–H groups in total. The second kappa shape index (κ2) is 8.12. The summed E-state index contributed by atoms with van der Waals surface area (Å²) in [5.41, 5.74) is 3.25. The molecular formula is C18H14BrFN2OS2. The molecule has 0 aliphatic carbocycles. The van der Waals surface area contributed by atoms with E-state index in [1.807, 2.05) is 36.6 Å². The van der Waals surface area contributed by atoms with Gasteiger partial charge >= 0.3 is 0 Å². The van der Waals surface area contributed by atoms with Gasteiger partial charge in [0.15, 0.2) is 4.34 Å². The topological polar surface area (TPSA) is 42.0 Å². The number of aromatic nitrogens is 1. The highest BCUT2D eigenvalue weighted by molar-refractivity contribution is 9.10. The molecule has 3 nitrogen and oxygen atoms in total. The van der Waals surface area contributed by atoms with Gasteiger partial charge in [0.2, 0.25) is 5.91 Å². The number of aryl methyl sites for hydroxylation is 1. The van der Waals surface area contributed by atoms with Crippen LogP contribution in [0.25, 0.3) is 11.3 Å². The summed E-state index contributed by atoms with van der Waals surface area (Å²) in [6, 6.07) is 12.3. The molecule has 128 valence electrons. The van der Waals surface area contributed by atoms with Crippen molar-refractivity contribution < 1.29 is 9.18 Å². The molecule has 0 saturated carbocycles. The highest BCUT2D eigenvalue weighted by Crippen LogP contribution is 2.29. The number of hydrogen-bond donors (Lipinski definition) is 1. The summed E-state index contributed by atoms with van der Waals surface area (Å²) in [7, 11) is 0. The van der Waals surface area contributed by atoms with Gasteiger partial charge in [0, 0.05) is 21.1 Å². The summed E-state index contributed by atoms with van der Waals surface area (Å²) < 4.78 is 15.1. The summed E-state index contributed by atoms with van der Waals surface area (Å²) in [4.78, 5) is 16.6. The van der Waals surface area contributed by atoms with Crippen LogP contribution in [0.1, 0.15) is 5.56 Å². The maximum atomic E-state index is 13.3. The second-order valence-corrected chi connectivity index (χ2v) is 8.30. The Hall–Kier alpha value is -1.70. The zero-order valence-corrected chi connectivity index (χ0v) is 16.5. The summed E-state index contributed by atoms with van der Waals surface area (Å²) in [5.74, 6) is -0.324. The molecule has 0 spiro atoms. The molecule has 1 heterocycles. The lowest BCUT2D eigenvalue weighted by Gasteiger charge is -2.07. The summed E-state index contributed by atoms with van der Waals surface area (Å²) in [6.45, 7) is 1.83. The van der Waals surface area contributed by atoms with Gasteiger partial charge in [0.05, 0.1) is 11.4 Å². The van der Waals surface area contributed by atoms with Gasteiger partial charge in [-0.1, -0.05) is 45.9 Å². The van der Waals surface area contributed by atoms with E-state index in [-0.39, 0.29) is 17.5 Å². The molecule has 0 aliphatic rings. The number of nitrogens with zero attached hydrogens (tertiary/aromatic N) is 1. The first-order chi connectivity index (χ1) is 12.0. The number of hydrogen-bond acceptors (Lipinski definition) is 4. The van der Waals surface area contributed by atoms with E-state index < -0.39 is 0 Å². The number of benzene rings is 2. The van der Waals surface area contributed by atoms with Crippen molar-refractivity contribution in [3.05, 3.63) is 63.7 Å². The van der Waals surface area contributed by atoms with Gasteiger partial charge in [-0.05, 0) is 36.8 Å². The van der Waals surface area contributed by atoms with Crippen molar-refractivity contribution in [3.8, 4) is 11.3 Å². The van der Waals surface area contributed by atoms with Gasteiger partial charge in [0.1, 0.15) is 5.82 Å². The third kappa shape index (κ3) is 4.90. The standard InChI is InChI=1S/C18H14BrFN2OS2/c1-11-2-7-14(20)8-15(11)21-17(23)10-25-18-22-16(9-24-18)12-3-5-13(19)6-4-12/h2-9H,10H2,1H3,(H,21,23). The zero-order valence-electron chi connectivity index (χ0n) is 13.3. The fourth-order valence-corrected chi connectivity index (χ4v) is 4.02. The average molecular weight is 437 g/mol. The van der Waals surface area contributed by atoms with Crippen LogP contribution in [0.3, 0.4) is 0 Å². The average Bonchev–Trinajstić information content (AvgIpc) is 3.06. The van der Waals surface area contributed by atoms with Crippen molar-refractivity contribution in [2.75, 3.05) is 11.1 Å². The van der Waals surface area contributed by atoms with E-state index in [1.54, 1.807) is 6.07 Å². The maximum absolute atomic E-state index is 13.3. The Balaban J connectivity index is 1.59. The molecule has 0 atom stereocenters. The molecule has 3 rings (SSSR count). The summed E-state index contributed by atoms with van der Waals surface area (Å²) >= 11 is 6.28. The Morgan fingerprint density at radius 1 is 1.28 bits per heavy atom. The van der Waals surface area contributed by atoms with E-state index in [1.165, 1.54) is 35.2 Å². The molecular weight excluding hydrogens is 423 g/mol. The minimum Gasteiger partial charge on any atom is -0.325 e. The van der Waals surface area contributed by atoms with Crippen LogP contribution in [0.2, 0.25) is 0 Å². The quantitative estimate of drug-likeness (QED) is 0.517. The van der Waals surface area contributed by atoms with Crippen molar-refractivity contribution in [2.45, 2.75) is 11.3 Å². The van der Waals surface area contributed by atoms with Gasteiger partial charge in [-0.3, -0.25) is 4.79 Å². The van der Waals surface area contributed by atoms with Crippen LogP contribution in [0.5, 0.6) is 0 Å². The molecule has 3 aromatic rings. The number of halogens is 2. The van der Waals surface area contributed by atoms with Crippen LogP contribution in [-0.2, 0) is 4.79 Å². The summed E-state index contributed by atoms with van der Waals surface area (Å²) in [6.07, 6.45) is 0. The number of carbonyl (C=O) groups is 1. The maximum Gasteiger partial charge on any atom is 0.234 e. The van der Waals surface area contributed by atoms with Crippen LogP contribution in [-0.4, -0.2) is 16.6 Å². The van der Waals surface area contributed by atoms with E-state index in [0.717, 1.165) is 25.6 Å². The van der Waals surface area contributed by atoms with Crippen LogP contribution in [0.15, 0.2) is 56.7 Å². The molecule has 1 aromatic heterocycles. The van der Waals surface area contributed by atoms with Crippen molar-refractivity contribution in [1.29, 1.82) is 0 Å². The normalized spacial score (nSPS) is 10.7. The van der Waals surface area contributed by atoms with Crippen molar-refractivity contribution >= 4 is 50.6 Å². The third-order valence-corrected chi connectivity index (χ3v) is 5.97. The predicted octanol–water partition coefficient (Wildman–Crippen LogP) is 5.75. The number of carbonyl (C=O) groups excluding carboxylic acids is 1. The lowest BCUT2D eigenvalue weighted by Crippen LogP contribution is -2.14. The van der Waals surface area contributed by atoms with E-state index in [9.17, 15) is 9.18 Å².